The standard InChI is InChI=1S/C19H35N5S.HI/c1-5-17-12-22-18(25-17)8-9-21-19(20-4)23-11-16-7-6-10-24(14-16)13-15(2)3;/h12,15-16H,5-11,13-14H2,1-4H3,(H2,20,21,23);1H. The molecule has 1 saturated heterocycles. The van der Waals surface area contributed by atoms with Gasteiger partial charge in [-0.1, -0.05) is 20.8 Å². The van der Waals surface area contributed by atoms with Gasteiger partial charge < -0.3 is 15.5 Å². The van der Waals surface area contributed by atoms with Crippen molar-refractivity contribution in [2.24, 2.45) is 16.8 Å². The number of aromatic nitrogens is 1. The van der Waals surface area contributed by atoms with Crippen LogP contribution in [-0.2, 0) is 12.8 Å². The van der Waals surface area contributed by atoms with Crippen LogP contribution in [0.2, 0.25) is 0 Å². The molecular formula is C19H36IN5S. The SMILES string of the molecule is CCc1cnc(CCNC(=NC)NCC2CCCN(CC(C)C)C2)s1.I. The van der Waals surface area contributed by atoms with Crippen molar-refractivity contribution in [2.75, 3.05) is 39.8 Å². The average molecular weight is 494 g/mol. The molecular weight excluding hydrogens is 457 g/mol. The molecule has 0 bridgehead atoms. The van der Waals surface area contributed by atoms with E-state index in [1.165, 1.54) is 42.4 Å². The minimum atomic E-state index is 0. The lowest BCUT2D eigenvalue weighted by molar-refractivity contribution is 0.159. The minimum absolute atomic E-state index is 0. The predicted molar refractivity (Wildman–Crippen MR) is 124 cm³/mol. The van der Waals surface area contributed by atoms with Crippen LogP contribution in [0.25, 0.3) is 0 Å². The van der Waals surface area contributed by atoms with Gasteiger partial charge in [0.25, 0.3) is 0 Å². The number of thiazole rings is 1. The molecule has 0 aliphatic carbocycles. The molecule has 0 saturated carbocycles. The van der Waals surface area contributed by atoms with Gasteiger partial charge in [0.2, 0.25) is 0 Å². The van der Waals surface area contributed by atoms with Crippen molar-refractivity contribution < 1.29 is 0 Å². The molecule has 1 aliphatic rings. The molecule has 1 atom stereocenters. The lowest BCUT2D eigenvalue weighted by Crippen LogP contribution is -2.45. The van der Waals surface area contributed by atoms with E-state index in [0.717, 1.165) is 43.7 Å². The Kier molecular flexibility index (Phi) is 11.7. The van der Waals surface area contributed by atoms with Gasteiger partial charge in [0.1, 0.15) is 0 Å². The van der Waals surface area contributed by atoms with Gasteiger partial charge in [0.15, 0.2) is 5.96 Å². The van der Waals surface area contributed by atoms with Crippen molar-refractivity contribution in [3.8, 4) is 0 Å². The van der Waals surface area contributed by atoms with Crippen LogP contribution in [0, 0.1) is 11.8 Å². The molecule has 0 aromatic carbocycles. The van der Waals surface area contributed by atoms with Gasteiger partial charge in [-0.05, 0) is 37.6 Å². The first-order chi connectivity index (χ1) is 12.1. The highest BCUT2D eigenvalue weighted by atomic mass is 127. The Morgan fingerprint density at radius 3 is 2.88 bits per heavy atom. The third-order valence-electron chi connectivity index (χ3n) is 4.59. The fraction of sp³-hybridized carbons (Fsp3) is 0.789. The topological polar surface area (TPSA) is 52.6 Å². The van der Waals surface area contributed by atoms with Gasteiger partial charge in [-0.25, -0.2) is 4.98 Å². The van der Waals surface area contributed by atoms with Gasteiger partial charge in [0.05, 0.1) is 5.01 Å². The highest BCUT2D eigenvalue weighted by Gasteiger charge is 2.20. The van der Waals surface area contributed by atoms with Gasteiger partial charge >= 0.3 is 0 Å². The highest BCUT2D eigenvalue weighted by Crippen LogP contribution is 2.17. The molecule has 1 aromatic heterocycles. The fourth-order valence-electron chi connectivity index (χ4n) is 3.38. The number of aliphatic imine (C=N–C) groups is 1. The van der Waals surface area contributed by atoms with Crippen LogP contribution in [0.3, 0.4) is 0 Å². The number of piperidine rings is 1. The summed E-state index contributed by atoms with van der Waals surface area (Å²) in [6, 6.07) is 0. The molecule has 1 unspecified atom stereocenters. The highest BCUT2D eigenvalue weighted by molar-refractivity contribution is 14.0. The molecule has 2 rings (SSSR count). The number of nitrogens with zero attached hydrogens (tertiary/aromatic N) is 3. The molecule has 7 heteroatoms. The summed E-state index contributed by atoms with van der Waals surface area (Å²) in [7, 11) is 1.85. The Morgan fingerprint density at radius 1 is 1.42 bits per heavy atom. The average Bonchev–Trinajstić information content (AvgIpc) is 3.05. The molecule has 0 radical (unpaired) electrons. The summed E-state index contributed by atoms with van der Waals surface area (Å²) in [6.45, 7) is 12.4. The summed E-state index contributed by atoms with van der Waals surface area (Å²) >= 11 is 1.82. The minimum Gasteiger partial charge on any atom is -0.356 e. The Morgan fingerprint density at radius 2 is 2.23 bits per heavy atom. The molecule has 1 fully saturated rings. The Bertz CT molecular complexity index is 532. The van der Waals surface area contributed by atoms with E-state index in [1.54, 1.807) is 0 Å². The number of hydrogen-bond acceptors (Lipinski definition) is 4. The van der Waals surface area contributed by atoms with Crippen molar-refractivity contribution in [1.29, 1.82) is 0 Å². The second-order valence-corrected chi connectivity index (χ2v) is 8.57. The molecule has 1 aromatic rings. The fourth-order valence-corrected chi connectivity index (χ4v) is 4.24. The normalized spacial score (nSPS) is 18.7. The maximum atomic E-state index is 4.47. The van der Waals surface area contributed by atoms with Gasteiger partial charge in [-0.15, -0.1) is 35.3 Å². The smallest absolute Gasteiger partial charge is 0.191 e. The van der Waals surface area contributed by atoms with Crippen LogP contribution >= 0.6 is 35.3 Å². The number of likely N-dealkylation sites (tertiary alicyclic amines) is 1. The van der Waals surface area contributed by atoms with Crippen LogP contribution in [0.15, 0.2) is 11.2 Å². The zero-order valence-corrected chi connectivity index (χ0v) is 19.9. The van der Waals surface area contributed by atoms with Crippen LogP contribution in [0.5, 0.6) is 0 Å². The number of rotatable bonds is 8. The summed E-state index contributed by atoms with van der Waals surface area (Å²) in [6.07, 6.45) is 6.66. The van der Waals surface area contributed by atoms with Crippen LogP contribution < -0.4 is 10.6 Å². The maximum absolute atomic E-state index is 4.47. The Balaban J connectivity index is 0.00000338. The van der Waals surface area contributed by atoms with Crippen LogP contribution in [-0.4, -0.2) is 55.6 Å². The molecule has 150 valence electrons. The third kappa shape index (κ3) is 8.52. The quantitative estimate of drug-likeness (QED) is 0.331. The molecule has 2 heterocycles. The van der Waals surface area contributed by atoms with Crippen molar-refractivity contribution in [3.05, 3.63) is 16.1 Å². The number of aryl methyl sites for hydroxylation is 1. The van der Waals surface area contributed by atoms with Gasteiger partial charge in [0, 0.05) is 50.7 Å². The van der Waals surface area contributed by atoms with Crippen molar-refractivity contribution in [1.82, 2.24) is 20.5 Å². The molecule has 0 spiro atoms. The van der Waals surface area contributed by atoms with Crippen molar-refractivity contribution >= 4 is 41.3 Å². The largest absolute Gasteiger partial charge is 0.356 e. The lowest BCUT2D eigenvalue weighted by Gasteiger charge is -2.34. The second kappa shape index (κ2) is 12.9. The summed E-state index contributed by atoms with van der Waals surface area (Å²) in [5, 5.41) is 8.14. The molecule has 2 N–H and O–H groups in total. The molecule has 0 amide bonds. The van der Waals surface area contributed by atoms with Crippen molar-refractivity contribution in [3.63, 3.8) is 0 Å². The first kappa shape index (κ1) is 23.6. The van der Waals surface area contributed by atoms with Gasteiger partial charge in [-0.3, -0.25) is 4.99 Å². The number of guanidine groups is 1. The van der Waals surface area contributed by atoms with Crippen molar-refractivity contribution in [2.45, 2.75) is 46.5 Å². The third-order valence-corrected chi connectivity index (χ3v) is 5.79. The number of hydrogen-bond donors (Lipinski definition) is 2. The number of nitrogens with one attached hydrogen (secondary N) is 2. The summed E-state index contributed by atoms with van der Waals surface area (Å²) in [5.74, 6) is 2.38. The van der Waals surface area contributed by atoms with Gasteiger partial charge in [-0.2, -0.15) is 0 Å². The molecule has 1 aliphatic heterocycles. The van der Waals surface area contributed by atoms with Crippen LogP contribution in [0.4, 0.5) is 0 Å². The van der Waals surface area contributed by atoms with E-state index >= 15 is 0 Å². The monoisotopic (exact) mass is 493 g/mol. The second-order valence-electron chi connectivity index (χ2n) is 7.37. The number of halogens is 1. The van der Waals surface area contributed by atoms with Crippen LogP contribution in [0.1, 0.15) is 43.5 Å². The van der Waals surface area contributed by atoms with E-state index in [9.17, 15) is 0 Å². The zero-order valence-electron chi connectivity index (χ0n) is 16.8. The summed E-state index contributed by atoms with van der Waals surface area (Å²) in [4.78, 5) is 12.8. The predicted octanol–water partition coefficient (Wildman–Crippen LogP) is 3.40. The van der Waals surface area contributed by atoms with E-state index in [2.05, 4.69) is 46.3 Å². The van der Waals surface area contributed by atoms with E-state index in [0.29, 0.717) is 0 Å². The maximum Gasteiger partial charge on any atom is 0.191 e. The summed E-state index contributed by atoms with van der Waals surface area (Å²) < 4.78 is 0. The first-order valence-electron chi connectivity index (χ1n) is 9.71. The molecule has 5 nitrogen and oxygen atoms in total. The lowest BCUT2D eigenvalue weighted by atomic mass is 9.97. The first-order valence-corrected chi connectivity index (χ1v) is 10.5. The summed E-state index contributed by atoms with van der Waals surface area (Å²) in [5.41, 5.74) is 0. The van der Waals surface area contributed by atoms with E-state index < -0.39 is 0 Å². The van der Waals surface area contributed by atoms with E-state index in [1.807, 2.05) is 24.6 Å². The van der Waals surface area contributed by atoms with E-state index in [-0.39, 0.29) is 24.0 Å². The molecule has 26 heavy (non-hydrogen) atoms. The Labute approximate surface area is 180 Å². The van der Waals surface area contributed by atoms with E-state index in [4.69, 9.17) is 0 Å². The Hall–Kier alpha value is -0.410. The zero-order chi connectivity index (χ0) is 18.1.